The quantitative estimate of drug-likeness (QED) is 0.617. The zero-order chi connectivity index (χ0) is 18.6. The van der Waals surface area contributed by atoms with Crippen LogP contribution in [0.4, 0.5) is 15.8 Å². The molecule has 0 radical (unpaired) electrons. The Hall–Kier alpha value is -2.38. The molecule has 4 nitrogen and oxygen atoms in total. The lowest BCUT2D eigenvalue weighted by Crippen LogP contribution is -2.11. The smallest absolute Gasteiger partial charge is 0.271 e. The first-order valence-electron chi connectivity index (χ1n) is 8.11. The van der Waals surface area contributed by atoms with Crippen molar-refractivity contribution in [2.24, 2.45) is 0 Å². The van der Waals surface area contributed by atoms with E-state index in [-0.39, 0.29) is 5.82 Å². The Kier molecular flexibility index (Phi) is 5.58. The number of hydrogen-bond donors (Lipinski definition) is 2. The normalized spacial score (nSPS) is 11.3. The summed E-state index contributed by atoms with van der Waals surface area (Å²) in [5, 5.41) is 3.20. The Bertz CT molecular complexity index is 983. The van der Waals surface area contributed by atoms with E-state index < -0.39 is 10.0 Å². The van der Waals surface area contributed by atoms with E-state index in [1.807, 2.05) is 13.0 Å². The number of sulfonamides is 1. The van der Waals surface area contributed by atoms with Gasteiger partial charge in [-0.15, -0.1) is 11.3 Å². The maximum atomic E-state index is 13.6. The largest absolute Gasteiger partial charge is 0.385 e. The topological polar surface area (TPSA) is 58.2 Å². The van der Waals surface area contributed by atoms with E-state index in [9.17, 15) is 12.8 Å². The van der Waals surface area contributed by atoms with Crippen LogP contribution in [-0.2, 0) is 16.4 Å². The van der Waals surface area contributed by atoms with Gasteiger partial charge in [0.2, 0.25) is 0 Å². The van der Waals surface area contributed by atoms with Gasteiger partial charge in [0.25, 0.3) is 10.0 Å². The van der Waals surface area contributed by atoms with Gasteiger partial charge in [-0.2, -0.15) is 0 Å². The molecule has 0 unspecified atom stereocenters. The van der Waals surface area contributed by atoms with E-state index in [0.29, 0.717) is 28.4 Å². The number of nitrogens with one attached hydrogen (secondary N) is 2. The molecule has 0 spiro atoms. The first kappa shape index (κ1) is 18.4. The molecule has 2 aromatic carbocycles. The maximum Gasteiger partial charge on any atom is 0.271 e. The molecule has 0 saturated carbocycles. The maximum absolute atomic E-state index is 13.6. The monoisotopic (exact) mass is 390 g/mol. The summed E-state index contributed by atoms with van der Waals surface area (Å²) in [5.74, 6) is -0.206. The summed E-state index contributed by atoms with van der Waals surface area (Å²) in [7, 11) is -3.56. The summed E-state index contributed by atoms with van der Waals surface area (Å²) < 4.78 is 41.1. The van der Waals surface area contributed by atoms with Crippen molar-refractivity contribution >= 4 is 32.7 Å². The van der Waals surface area contributed by atoms with Gasteiger partial charge in [-0.05, 0) is 61.4 Å². The number of rotatable bonds is 7. The van der Waals surface area contributed by atoms with Gasteiger partial charge in [0.15, 0.2) is 0 Å². The van der Waals surface area contributed by atoms with E-state index in [0.717, 1.165) is 10.6 Å². The fraction of sp³-hybridized carbons (Fsp3) is 0.158. The number of thiophene rings is 1. The lowest BCUT2D eigenvalue weighted by molar-refractivity contribution is 0.603. The average molecular weight is 391 g/mol. The molecular formula is C19H19FN2O2S2. The minimum Gasteiger partial charge on any atom is -0.385 e. The second-order valence-corrected chi connectivity index (χ2v) is 9.01. The Morgan fingerprint density at radius 3 is 2.31 bits per heavy atom. The molecule has 0 aliphatic rings. The highest BCUT2D eigenvalue weighted by atomic mass is 32.2. The third-order valence-electron chi connectivity index (χ3n) is 3.80. The molecule has 0 fully saturated rings. The van der Waals surface area contributed by atoms with E-state index in [2.05, 4.69) is 10.0 Å². The van der Waals surface area contributed by atoms with Crippen LogP contribution < -0.4 is 10.0 Å². The fourth-order valence-electron chi connectivity index (χ4n) is 2.46. The zero-order valence-corrected chi connectivity index (χ0v) is 15.8. The first-order chi connectivity index (χ1) is 12.4. The van der Waals surface area contributed by atoms with Crippen LogP contribution in [0, 0.1) is 12.7 Å². The van der Waals surface area contributed by atoms with Crippen molar-refractivity contribution < 1.29 is 12.8 Å². The molecule has 3 aromatic rings. The Balaban J connectivity index is 1.57. The third-order valence-corrected chi connectivity index (χ3v) is 6.67. The van der Waals surface area contributed by atoms with Crippen molar-refractivity contribution in [3.63, 3.8) is 0 Å². The number of benzene rings is 2. The van der Waals surface area contributed by atoms with Crippen LogP contribution in [0.15, 0.2) is 64.9 Å². The van der Waals surface area contributed by atoms with Gasteiger partial charge in [0.1, 0.15) is 10.0 Å². The SMILES string of the molecule is Cc1ccc(S(=O)(=O)Nc2ccc(NCCc3ccccc3F)cc2)s1. The number of aryl methyl sites for hydroxylation is 1. The molecule has 0 atom stereocenters. The lowest BCUT2D eigenvalue weighted by atomic mass is 10.1. The number of halogens is 1. The summed E-state index contributed by atoms with van der Waals surface area (Å²) in [6.45, 7) is 2.45. The number of hydrogen-bond acceptors (Lipinski definition) is 4. The molecule has 0 bridgehead atoms. The summed E-state index contributed by atoms with van der Waals surface area (Å²) in [6, 6.07) is 17.1. The van der Waals surface area contributed by atoms with E-state index in [1.165, 1.54) is 17.4 Å². The predicted molar refractivity (Wildman–Crippen MR) is 105 cm³/mol. The highest BCUT2D eigenvalue weighted by Crippen LogP contribution is 2.24. The van der Waals surface area contributed by atoms with Crippen LogP contribution in [-0.4, -0.2) is 15.0 Å². The van der Waals surface area contributed by atoms with E-state index in [4.69, 9.17) is 0 Å². The van der Waals surface area contributed by atoms with Gasteiger partial charge in [-0.25, -0.2) is 12.8 Å². The van der Waals surface area contributed by atoms with Crippen molar-refractivity contribution in [1.82, 2.24) is 0 Å². The summed E-state index contributed by atoms with van der Waals surface area (Å²) >= 11 is 1.23. The van der Waals surface area contributed by atoms with Gasteiger partial charge in [0.05, 0.1) is 0 Å². The Morgan fingerprint density at radius 1 is 0.962 bits per heavy atom. The molecule has 0 aliphatic carbocycles. The molecule has 1 heterocycles. The molecule has 0 aliphatic heterocycles. The van der Waals surface area contributed by atoms with Crippen molar-refractivity contribution in [2.75, 3.05) is 16.6 Å². The van der Waals surface area contributed by atoms with Crippen molar-refractivity contribution in [3.05, 3.63) is 76.9 Å². The molecule has 3 rings (SSSR count). The molecule has 26 heavy (non-hydrogen) atoms. The third kappa shape index (κ3) is 4.62. The van der Waals surface area contributed by atoms with Gasteiger partial charge in [-0.1, -0.05) is 18.2 Å². The first-order valence-corrected chi connectivity index (χ1v) is 10.4. The van der Waals surface area contributed by atoms with Gasteiger partial charge < -0.3 is 5.32 Å². The highest BCUT2D eigenvalue weighted by Gasteiger charge is 2.16. The second-order valence-electron chi connectivity index (χ2n) is 5.82. The van der Waals surface area contributed by atoms with Crippen molar-refractivity contribution in [2.45, 2.75) is 17.6 Å². The van der Waals surface area contributed by atoms with E-state index in [1.54, 1.807) is 48.5 Å². The van der Waals surface area contributed by atoms with E-state index >= 15 is 0 Å². The fourth-order valence-corrected chi connectivity index (χ4v) is 4.80. The average Bonchev–Trinajstić information content (AvgIpc) is 3.05. The van der Waals surface area contributed by atoms with Gasteiger partial charge in [0, 0.05) is 22.8 Å². The molecule has 0 saturated heterocycles. The van der Waals surface area contributed by atoms with Crippen LogP contribution in [0.25, 0.3) is 0 Å². The second kappa shape index (κ2) is 7.88. The number of anilines is 2. The summed E-state index contributed by atoms with van der Waals surface area (Å²) in [6.07, 6.45) is 0.568. The van der Waals surface area contributed by atoms with Crippen LogP contribution >= 0.6 is 11.3 Å². The predicted octanol–water partition coefficient (Wildman–Crippen LogP) is 4.65. The van der Waals surface area contributed by atoms with Crippen molar-refractivity contribution in [1.29, 1.82) is 0 Å². The molecule has 7 heteroatoms. The molecule has 2 N–H and O–H groups in total. The van der Waals surface area contributed by atoms with Crippen LogP contribution in [0.2, 0.25) is 0 Å². The van der Waals surface area contributed by atoms with Crippen molar-refractivity contribution in [3.8, 4) is 0 Å². The van der Waals surface area contributed by atoms with Gasteiger partial charge in [-0.3, -0.25) is 4.72 Å². The zero-order valence-electron chi connectivity index (χ0n) is 14.2. The lowest BCUT2D eigenvalue weighted by Gasteiger charge is -2.09. The Labute approximate surface area is 156 Å². The van der Waals surface area contributed by atoms with Gasteiger partial charge >= 0.3 is 0 Å². The minimum absolute atomic E-state index is 0.206. The molecule has 136 valence electrons. The molecule has 1 aromatic heterocycles. The minimum atomic E-state index is -3.56. The standard InChI is InChI=1S/C19H19FN2O2S2/c1-14-6-11-19(25-14)26(23,24)22-17-9-7-16(8-10-17)21-13-12-15-4-2-3-5-18(15)20/h2-11,21-22H,12-13H2,1H3. The molecular weight excluding hydrogens is 371 g/mol. The summed E-state index contributed by atoms with van der Waals surface area (Å²) in [5.41, 5.74) is 2.00. The van der Waals surface area contributed by atoms with Crippen LogP contribution in [0.1, 0.15) is 10.4 Å². The Morgan fingerprint density at radius 2 is 1.65 bits per heavy atom. The highest BCUT2D eigenvalue weighted by molar-refractivity contribution is 7.94. The van der Waals surface area contributed by atoms with Crippen LogP contribution in [0.5, 0.6) is 0 Å². The molecule has 0 amide bonds. The summed E-state index contributed by atoms with van der Waals surface area (Å²) in [4.78, 5) is 0.944. The van der Waals surface area contributed by atoms with Crippen LogP contribution in [0.3, 0.4) is 0 Å².